The van der Waals surface area contributed by atoms with E-state index in [2.05, 4.69) is 62.7 Å². The van der Waals surface area contributed by atoms with Crippen molar-refractivity contribution in [2.24, 2.45) is 0 Å². The van der Waals surface area contributed by atoms with Crippen LogP contribution in [-0.4, -0.2) is 15.0 Å². The van der Waals surface area contributed by atoms with Gasteiger partial charge in [-0.05, 0) is 53.9 Å². The van der Waals surface area contributed by atoms with Crippen LogP contribution in [0.1, 0.15) is 0 Å². The molecule has 0 saturated carbocycles. The van der Waals surface area contributed by atoms with E-state index in [1.807, 2.05) is 6.07 Å². The fourth-order valence-corrected chi connectivity index (χ4v) is 2.61. The molecule has 2 rings (SSSR count). The molecule has 0 aromatic carbocycles. The highest BCUT2D eigenvalue weighted by molar-refractivity contribution is 9.11. The van der Waals surface area contributed by atoms with Crippen LogP contribution in [-0.2, 0) is 0 Å². The largest absolute Gasteiger partial charge is 0.328 e. The number of hydrogen-bond donors (Lipinski definition) is 1. The summed E-state index contributed by atoms with van der Waals surface area (Å²) in [6.07, 6.45) is 3.37. The number of hydrogen-bond acceptors (Lipinski definition) is 3. The molecule has 0 unspecified atom stereocenters. The van der Waals surface area contributed by atoms with Gasteiger partial charge in [0, 0.05) is 21.3 Å². The van der Waals surface area contributed by atoms with E-state index < -0.39 is 0 Å². The Morgan fingerprint density at radius 1 is 1.06 bits per heavy atom. The molecule has 3 nitrogen and oxygen atoms in total. The lowest BCUT2D eigenvalue weighted by molar-refractivity contribution is 1.11. The van der Waals surface area contributed by atoms with Crippen molar-refractivity contribution in [1.82, 2.24) is 15.0 Å². The van der Waals surface area contributed by atoms with E-state index in [9.17, 15) is 0 Å². The van der Waals surface area contributed by atoms with Crippen LogP contribution in [0.2, 0.25) is 0 Å². The summed E-state index contributed by atoms with van der Waals surface area (Å²) < 4.78 is 3.11. The lowest BCUT2D eigenvalue weighted by Crippen LogP contribution is -1.93. The molecule has 0 aliphatic carbocycles. The van der Waals surface area contributed by atoms with Gasteiger partial charge in [-0.15, -0.1) is 0 Å². The molecule has 2 aromatic heterocycles. The number of nitrogens with zero attached hydrogens (tertiary/aromatic N) is 2. The first-order valence-electron chi connectivity index (χ1n) is 4.14. The third-order valence-electron chi connectivity index (χ3n) is 1.79. The minimum Gasteiger partial charge on any atom is -0.328 e. The van der Waals surface area contributed by atoms with Gasteiger partial charge in [-0.1, -0.05) is 12.2 Å². The van der Waals surface area contributed by atoms with Crippen molar-refractivity contribution < 1.29 is 0 Å². The summed E-state index contributed by atoms with van der Waals surface area (Å²) in [4.78, 5) is 11.5. The van der Waals surface area contributed by atoms with Crippen molar-refractivity contribution in [3.63, 3.8) is 0 Å². The normalized spacial score (nSPS) is 10.4. The van der Waals surface area contributed by atoms with E-state index in [4.69, 9.17) is 12.2 Å². The Balaban J connectivity index is 2.59. The first kappa shape index (κ1) is 12.3. The maximum Gasteiger partial charge on any atom is 0.158 e. The second kappa shape index (κ2) is 5.03. The lowest BCUT2D eigenvalue weighted by atomic mass is 10.3. The molecule has 82 valence electrons. The molecule has 2 aromatic rings. The van der Waals surface area contributed by atoms with Gasteiger partial charge in [-0.25, -0.2) is 4.98 Å². The first-order valence-corrected chi connectivity index (χ1v) is 6.93. The zero-order chi connectivity index (χ0) is 11.7. The quantitative estimate of drug-likeness (QED) is 0.684. The van der Waals surface area contributed by atoms with E-state index in [0.717, 1.165) is 19.1 Å². The molecular weight excluding hydrogens is 422 g/mol. The van der Waals surface area contributed by atoms with Crippen LogP contribution in [0, 0.1) is 4.64 Å². The molecule has 0 spiro atoms. The Morgan fingerprint density at radius 2 is 1.81 bits per heavy atom. The third kappa shape index (κ3) is 2.58. The SMILES string of the molecule is S=c1[nH]c(-c2ncc(Br)cc2Br)ncc1Br. The van der Waals surface area contributed by atoms with Crippen LogP contribution in [0.15, 0.2) is 31.9 Å². The Kier molecular flexibility index (Phi) is 3.89. The number of halogens is 3. The maximum atomic E-state index is 5.12. The fourth-order valence-electron chi connectivity index (χ4n) is 1.09. The summed E-state index contributed by atoms with van der Waals surface area (Å²) in [5.74, 6) is 0.632. The molecule has 0 fully saturated rings. The zero-order valence-corrected chi connectivity index (χ0v) is 13.2. The monoisotopic (exact) mass is 423 g/mol. The Labute approximate surface area is 122 Å². The number of aromatic nitrogens is 3. The number of rotatable bonds is 1. The van der Waals surface area contributed by atoms with Crippen molar-refractivity contribution in [2.75, 3.05) is 0 Å². The van der Waals surface area contributed by atoms with E-state index in [1.54, 1.807) is 12.4 Å². The number of pyridine rings is 1. The molecular formula is C9H4Br3N3S. The van der Waals surface area contributed by atoms with E-state index in [-0.39, 0.29) is 0 Å². The summed E-state index contributed by atoms with van der Waals surface area (Å²) in [6.45, 7) is 0. The van der Waals surface area contributed by atoms with Gasteiger partial charge in [-0.2, -0.15) is 0 Å². The smallest absolute Gasteiger partial charge is 0.158 e. The maximum absolute atomic E-state index is 5.12. The minimum absolute atomic E-state index is 0.599. The molecule has 16 heavy (non-hydrogen) atoms. The highest BCUT2D eigenvalue weighted by Gasteiger charge is 2.07. The van der Waals surface area contributed by atoms with Gasteiger partial charge in [0.05, 0.1) is 4.47 Å². The van der Waals surface area contributed by atoms with Crippen molar-refractivity contribution in [2.45, 2.75) is 0 Å². The summed E-state index contributed by atoms with van der Waals surface area (Å²) in [7, 11) is 0. The predicted octanol–water partition coefficient (Wildman–Crippen LogP) is 4.49. The average molecular weight is 426 g/mol. The topological polar surface area (TPSA) is 41.6 Å². The van der Waals surface area contributed by atoms with Gasteiger partial charge >= 0.3 is 0 Å². The second-order valence-corrected chi connectivity index (χ2v) is 5.93. The first-order chi connectivity index (χ1) is 7.58. The summed E-state index contributed by atoms with van der Waals surface area (Å²) in [6, 6.07) is 1.91. The molecule has 7 heteroatoms. The summed E-state index contributed by atoms with van der Waals surface area (Å²) in [5, 5.41) is 0. The molecule has 0 bridgehead atoms. The van der Waals surface area contributed by atoms with Gasteiger partial charge < -0.3 is 4.98 Å². The van der Waals surface area contributed by atoms with Crippen LogP contribution in [0.4, 0.5) is 0 Å². The van der Waals surface area contributed by atoms with E-state index in [1.165, 1.54) is 0 Å². The van der Waals surface area contributed by atoms with Crippen molar-refractivity contribution in [1.29, 1.82) is 0 Å². The molecule has 0 aliphatic rings. The summed E-state index contributed by atoms with van der Waals surface area (Å²) >= 11 is 15.2. The highest BCUT2D eigenvalue weighted by Crippen LogP contribution is 2.26. The van der Waals surface area contributed by atoms with Gasteiger partial charge in [0.15, 0.2) is 5.82 Å². The van der Waals surface area contributed by atoms with Crippen LogP contribution in [0.3, 0.4) is 0 Å². The van der Waals surface area contributed by atoms with E-state index >= 15 is 0 Å². The Hall–Kier alpha value is -0.110. The van der Waals surface area contributed by atoms with Gasteiger partial charge in [0.1, 0.15) is 10.3 Å². The molecule has 0 radical (unpaired) electrons. The zero-order valence-electron chi connectivity index (χ0n) is 7.67. The van der Waals surface area contributed by atoms with Crippen LogP contribution in [0.5, 0.6) is 0 Å². The highest BCUT2D eigenvalue weighted by atomic mass is 79.9. The number of nitrogens with one attached hydrogen (secondary N) is 1. The standard InChI is InChI=1S/C9H4Br3N3S/c10-4-1-5(11)7(13-2-4)8-14-3-6(12)9(16)15-8/h1-3H,(H,14,15,16). The van der Waals surface area contributed by atoms with Crippen molar-refractivity contribution in [3.8, 4) is 11.5 Å². The van der Waals surface area contributed by atoms with Crippen LogP contribution < -0.4 is 0 Å². The molecule has 2 heterocycles. The number of H-pyrrole nitrogens is 1. The molecule has 0 amide bonds. The molecule has 0 atom stereocenters. The molecule has 0 aliphatic heterocycles. The predicted molar refractivity (Wildman–Crippen MR) is 75.8 cm³/mol. The lowest BCUT2D eigenvalue weighted by Gasteiger charge is -2.03. The van der Waals surface area contributed by atoms with Crippen LogP contribution in [0.25, 0.3) is 11.5 Å². The fraction of sp³-hybridized carbons (Fsp3) is 0. The molecule has 0 saturated heterocycles. The average Bonchev–Trinajstić information content (AvgIpc) is 2.22. The Morgan fingerprint density at radius 3 is 2.44 bits per heavy atom. The van der Waals surface area contributed by atoms with Gasteiger partial charge in [0.25, 0.3) is 0 Å². The second-order valence-electron chi connectivity index (χ2n) is 2.89. The third-order valence-corrected chi connectivity index (χ3v) is 4.01. The molecule has 1 N–H and O–H groups in total. The summed E-state index contributed by atoms with van der Waals surface area (Å²) in [5.41, 5.74) is 0.724. The Bertz CT molecular complexity index is 597. The van der Waals surface area contributed by atoms with E-state index in [0.29, 0.717) is 10.5 Å². The van der Waals surface area contributed by atoms with Crippen molar-refractivity contribution >= 4 is 60.0 Å². The van der Waals surface area contributed by atoms with Crippen molar-refractivity contribution in [3.05, 3.63) is 36.5 Å². The number of aromatic amines is 1. The van der Waals surface area contributed by atoms with Crippen LogP contribution >= 0.6 is 60.0 Å². The minimum atomic E-state index is 0.599. The van der Waals surface area contributed by atoms with Gasteiger partial charge in [-0.3, -0.25) is 4.98 Å². The van der Waals surface area contributed by atoms with Gasteiger partial charge in [0.2, 0.25) is 0 Å².